The van der Waals surface area contributed by atoms with Crippen molar-refractivity contribution < 1.29 is 9.53 Å². The van der Waals surface area contributed by atoms with Crippen molar-refractivity contribution in [3.8, 4) is 22.7 Å². The fourth-order valence-corrected chi connectivity index (χ4v) is 2.58. The highest BCUT2D eigenvalue weighted by molar-refractivity contribution is 6.32. The van der Waals surface area contributed by atoms with E-state index in [1.807, 2.05) is 30.3 Å². The standard InChI is InChI=1S/C17H12Cl2N2O2/c1-11(22)23-16-10-20-21(15-5-3-2-4-14(15)19)17(16)12-6-8-13(18)9-7-12/h2-10H,1H3. The summed E-state index contributed by atoms with van der Waals surface area (Å²) in [7, 11) is 0. The summed E-state index contributed by atoms with van der Waals surface area (Å²) < 4.78 is 6.92. The molecule has 2 aromatic carbocycles. The number of carbonyl (C=O) groups is 1. The van der Waals surface area contributed by atoms with E-state index in [4.69, 9.17) is 27.9 Å². The first-order valence-corrected chi connectivity index (χ1v) is 7.59. The minimum atomic E-state index is -0.418. The number of hydrogen-bond donors (Lipinski definition) is 0. The Morgan fingerprint density at radius 2 is 1.78 bits per heavy atom. The number of para-hydroxylation sites is 1. The number of ether oxygens (including phenoxy) is 1. The SMILES string of the molecule is CC(=O)Oc1cnn(-c2ccccc2Cl)c1-c1ccc(Cl)cc1. The molecular weight excluding hydrogens is 335 g/mol. The van der Waals surface area contributed by atoms with E-state index in [0.717, 1.165) is 5.56 Å². The molecule has 3 rings (SSSR count). The average molecular weight is 347 g/mol. The van der Waals surface area contributed by atoms with Crippen LogP contribution in [0, 0.1) is 0 Å². The zero-order valence-electron chi connectivity index (χ0n) is 12.2. The molecule has 0 radical (unpaired) electrons. The normalized spacial score (nSPS) is 10.6. The molecule has 0 aliphatic rings. The number of benzene rings is 2. The molecule has 6 heteroatoms. The number of hydrogen-bond acceptors (Lipinski definition) is 3. The molecule has 0 saturated heterocycles. The molecule has 0 saturated carbocycles. The molecule has 0 N–H and O–H groups in total. The molecule has 116 valence electrons. The van der Waals surface area contributed by atoms with E-state index in [9.17, 15) is 4.79 Å². The van der Waals surface area contributed by atoms with Crippen molar-refractivity contribution in [2.75, 3.05) is 0 Å². The lowest BCUT2D eigenvalue weighted by Crippen LogP contribution is -2.04. The molecule has 1 aromatic heterocycles. The van der Waals surface area contributed by atoms with E-state index in [-0.39, 0.29) is 0 Å². The maximum atomic E-state index is 11.4. The predicted octanol–water partition coefficient (Wildman–Crippen LogP) is 4.77. The Hall–Kier alpha value is -2.30. The van der Waals surface area contributed by atoms with Crippen molar-refractivity contribution in [1.29, 1.82) is 0 Å². The van der Waals surface area contributed by atoms with E-state index >= 15 is 0 Å². The maximum absolute atomic E-state index is 11.4. The average Bonchev–Trinajstić information content (AvgIpc) is 2.91. The van der Waals surface area contributed by atoms with Crippen LogP contribution in [0.3, 0.4) is 0 Å². The van der Waals surface area contributed by atoms with Crippen LogP contribution in [0.4, 0.5) is 0 Å². The second kappa shape index (κ2) is 6.44. The van der Waals surface area contributed by atoms with Crippen LogP contribution in [0.15, 0.2) is 54.7 Å². The van der Waals surface area contributed by atoms with Crippen LogP contribution in [0.1, 0.15) is 6.92 Å². The molecule has 4 nitrogen and oxygen atoms in total. The highest BCUT2D eigenvalue weighted by Crippen LogP contribution is 2.34. The lowest BCUT2D eigenvalue weighted by atomic mass is 10.1. The van der Waals surface area contributed by atoms with E-state index < -0.39 is 5.97 Å². The summed E-state index contributed by atoms with van der Waals surface area (Å²) >= 11 is 12.2. The molecule has 3 aromatic rings. The van der Waals surface area contributed by atoms with Gasteiger partial charge in [-0.3, -0.25) is 4.79 Å². The topological polar surface area (TPSA) is 44.1 Å². The fraction of sp³-hybridized carbons (Fsp3) is 0.0588. The molecule has 0 unspecified atom stereocenters. The van der Waals surface area contributed by atoms with Gasteiger partial charge in [-0.2, -0.15) is 5.10 Å². The summed E-state index contributed by atoms with van der Waals surface area (Å²) in [5, 5.41) is 5.48. The number of nitrogens with zero attached hydrogens (tertiary/aromatic N) is 2. The molecule has 23 heavy (non-hydrogen) atoms. The summed E-state index contributed by atoms with van der Waals surface area (Å²) in [5.41, 5.74) is 2.13. The Labute approximate surface area is 143 Å². The van der Waals surface area contributed by atoms with Gasteiger partial charge in [0.2, 0.25) is 0 Å². The first kappa shape index (κ1) is 15.6. The lowest BCUT2D eigenvalue weighted by Gasteiger charge is -2.11. The minimum Gasteiger partial charge on any atom is -0.423 e. The van der Waals surface area contributed by atoms with Crippen LogP contribution in [-0.4, -0.2) is 15.7 Å². The second-order valence-corrected chi connectivity index (χ2v) is 5.66. The molecule has 0 fully saturated rings. The molecule has 0 bridgehead atoms. The van der Waals surface area contributed by atoms with Gasteiger partial charge in [0, 0.05) is 17.5 Å². The van der Waals surface area contributed by atoms with E-state index in [1.165, 1.54) is 13.1 Å². The number of esters is 1. The molecule has 0 atom stereocenters. The monoisotopic (exact) mass is 346 g/mol. The fourth-order valence-electron chi connectivity index (χ4n) is 2.24. The lowest BCUT2D eigenvalue weighted by molar-refractivity contribution is -0.131. The highest BCUT2D eigenvalue weighted by atomic mass is 35.5. The van der Waals surface area contributed by atoms with Gasteiger partial charge in [0.25, 0.3) is 0 Å². The summed E-state index contributed by atoms with van der Waals surface area (Å²) in [6.07, 6.45) is 1.49. The number of aromatic nitrogens is 2. The van der Waals surface area contributed by atoms with Crippen molar-refractivity contribution in [2.24, 2.45) is 0 Å². The van der Waals surface area contributed by atoms with Crippen molar-refractivity contribution >= 4 is 29.2 Å². The van der Waals surface area contributed by atoms with E-state index in [1.54, 1.807) is 22.9 Å². The van der Waals surface area contributed by atoms with Crippen LogP contribution in [0.25, 0.3) is 16.9 Å². The van der Waals surface area contributed by atoms with Crippen molar-refractivity contribution in [3.63, 3.8) is 0 Å². The third-order valence-corrected chi connectivity index (χ3v) is 3.76. The summed E-state index contributed by atoms with van der Waals surface area (Å²) in [4.78, 5) is 11.4. The van der Waals surface area contributed by atoms with Gasteiger partial charge in [0.1, 0.15) is 5.69 Å². The molecule has 1 heterocycles. The van der Waals surface area contributed by atoms with Crippen LogP contribution in [-0.2, 0) is 4.79 Å². The van der Waals surface area contributed by atoms with Gasteiger partial charge in [0.05, 0.1) is 16.9 Å². The first-order valence-electron chi connectivity index (χ1n) is 6.83. The van der Waals surface area contributed by atoms with Crippen molar-refractivity contribution in [1.82, 2.24) is 9.78 Å². The van der Waals surface area contributed by atoms with Gasteiger partial charge in [0.15, 0.2) is 5.75 Å². The maximum Gasteiger partial charge on any atom is 0.308 e. The molecular formula is C17H12Cl2N2O2. The second-order valence-electron chi connectivity index (χ2n) is 4.82. The Morgan fingerprint density at radius 1 is 1.09 bits per heavy atom. The smallest absolute Gasteiger partial charge is 0.308 e. The van der Waals surface area contributed by atoms with E-state index in [0.29, 0.717) is 27.2 Å². The van der Waals surface area contributed by atoms with Gasteiger partial charge in [-0.1, -0.05) is 47.5 Å². The van der Waals surface area contributed by atoms with Gasteiger partial charge in [-0.05, 0) is 24.3 Å². The zero-order valence-corrected chi connectivity index (χ0v) is 13.7. The molecule has 0 aliphatic heterocycles. The largest absolute Gasteiger partial charge is 0.423 e. The number of carbonyl (C=O) groups excluding carboxylic acids is 1. The Kier molecular flexibility index (Phi) is 4.37. The van der Waals surface area contributed by atoms with Crippen LogP contribution >= 0.6 is 23.2 Å². The summed E-state index contributed by atoms with van der Waals surface area (Å²) in [6.45, 7) is 1.35. The van der Waals surface area contributed by atoms with E-state index in [2.05, 4.69) is 5.10 Å². The quantitative estimate of drug-likeness (QED) is 0.641. The summed E-state index contributed by atoms with van der Waals surface area (Å²) in [6, 6.07) is 14.5. The van der Waals surface area contributed by atoms with Crippen LogP contribution < -0.4 is 4.74 Å². The van der Waals surface area contributed by atoms with Crippen molar-refractivity contribution in [2.45, 2.75) is 6.92 Å². The van der Waals surface area contributed by atoms with Gasteiger partial charge in [-0.15, -0.1) is 0 Å². The van der Waals surface area contributed by atoms with Gasteiger partial charge < -0.3 is 4.74 Å². The van der Waals surface area contributed by atoms with Crippen LogP contribution in [0.2, 0.25) is 10.0 Å². The summed E-state index contributed by atoms with van der Waals surface area (Å²) in [5.74, 6) is -0.0568. The van der Waals surface area contributed by atoms with Gasteiger partial charge >= 0.3 is 5.97 Å². The molecule has 0 amide bonds. The van der Waals surface area contributed by atoms with Crippen molar-refractivity contribution in [3.05, 3.63) is 64.8 Å². The first-order chi connectivity index (χ1) is 11.1. The number of rotatable bonds is 3. The Morgan fingerprint density at radius 3 is 2.43 bits per heavy atom. The number of halogens is 2. The van der Waals surface area contributed by atoms with Gasteiger partial charge in [-0.25, -0.2) is 4.68 Å². The predicted molar refractivity (Wildman–Crippen MR) is 90.3 cm³/mol. The minimum absolute atomic E-state index is 0.361. The molecule has 0 spiro atoms. The third-order valence-electron chi connectivity index (χ3n) is 3.19. The Balaban J connectivity index is 2.21. The van der Waals surface area contributed by atoms with Crippen LogP contribution in [0.5, 0.6) is 5.75 Å². The highest BCUT2D eigenvalue weighted by Gasteiger charge is 2.18. The molecule has 0 aliphatic carbocycles. The zero-order chi connectivity index (χ0) is 16.4. The Bertz CT molecular complexity index is 857. The third kappa shape index (κ3) is 3.23.